The Kier molecular flexibility index (Phi) is 8.38. The molecule has 1 unspecified atom stereocenters. The minimum absolute atomic E-state index is 0.0163. The third-order valence-electron chi connectivity index (χ3n) is 3.05. The third-order valence-corrected chi connectivity index (χ3v) is 3.99. The lowest BCUT2D eigenvalue weighted by molar-refractivity contribution is -0.122. The van der Waals surface area contributed by atoms with Crippen LogP contribution in [0.3, 0.4) is 0 Å². The molecule has 0 aliphatic heterocycles. The summed E-state index contributed by atoms with van der Waals surface area (Å²) in [5, 5.41) is 16.1. The average Bonchev–Trinajstić information content (AvgIpc) is 2.32. The topological polar surface area (TPSA) is 128 Å². The van der Waals surface area contributed by atoms with Gasteiger partial charge >= 0.3 is 6.03 Å². The Morgan fingerprint density at radius 1 is 1.16 bits per heavy atom. The number of rotatable bonds is 8. The molecule has 25 heavy (non-hydrogen) atoms. The molecule has 3 amide bonds. The smallest absolute Gasteiger partial charge is 0.315 e. The Balaban J connectivity index is 4.97. The van der Waals surface area contributed by atoms with Gasteiger partial charge in [-0.2, -0.15) is 5.26 Å². The lowest BCUT2D eigenvalue weighted by atomic mass is 9.82. The van der Waals surface area contributed by atoms with Gasteiger partial charge < -0.3 is 16.0 Å². The molecule has 0 saturated carbocycles. The number of nitrogens with zero attached hydrogens (tertiary/aromatic N) is 1. The molecular weight excluding hydrogens is 344 g/mol. The fourth-order valence-electron chi connectivity index (χ4n) is 2.72. The van der Waals surface area contributed by atoms with E-state index < -0.39 is 39.1 Å². The quantitative estimate of drug-likeness (QED) is 0.545. The zero-order valence-electron chi connectivity index (χ0n) is 15.9. The second kappa shape index (κ2) is 9.04. The zero-order valence-corrected chi connectivity index (χ0v) is 16.7. The first-order valence-corrected chi connectivity index (χ1v) is 10.1. The molecule has 0 rings (SSSR count). The summed E-state index contributed by atoms with van der Waals surface area (Å²) in [6.45, 7) is 9.94. The Hall–Kier alpha value is -1.82. The van der Waals surface area contributed by atoms with Crippen LogP contribution in [0.25, 0.3) is 0 Å². The number of carbonyl (C=O) groups is 2. The van der Waals surface area contributed by atoms with Crippen LogP contribution in [0.1, 0.15) is 47.5 Å². The van der Waals surface area contributed by atoms with Crippen molar-refractivity contribution in [2.75, 3.05) is 18.6 Å². The molecule has 144 valence electrons. The standard InChI is InChI=1S/C16H30N4O4S/c1-15(2,3)11-16(4,5)20-14(22)19-12(10-25(6,23)24)13(21)18-9-7-8-17/h12H,7,9-11H2,1-6H3,(H,18,21)(H2,19,20,22). The fraction of sp³-hybridized carbons (Fsp3) is 0.812. The summed E-state index contributed by atoms with van der Waals surface area (Å²) in [6, 6.07) is 0.0354. The average molecular weight is 375 g/mol. The highest BCUT2D eigenvalue weighted by Gasteiger charge is 2.30. The molecule has 1 atom stereocenters. The second-order valence-electron chi connectivity index (χ2n) is 8.06. The molecule has 0 fully saturated rings. The highest BCUT2D eigenvalue weighted by Crippen LogP contribution is 2.26. The van der Waals surface area contributed by atoms with E-state index in [1.807, 2.05) is 40.7 Å². The van der Waals surface area contributed by atoms with E-state index in [4.69, 9.17) is 5.26 Å². The molecule has 0 aliphatic rings. The molecular formula is C16H30N4O4S. The van der Waals surface area contributed by atoms with E-state index in [9.17, 15) is 18.0 Å². The molecule has 0 saturated heterocycles. The SMILES string of the molecule is CC(C)(C)CC(C)(C)NC(=O)NC(CS(C)(=O)=O)C(=O)NCCC#N. The zero-order chi connectivity index (χ0) is 19.9. The third kappa shape index (κ3) is 12.2. The van der Waals surface area contributed by atoms with Crippen LogP contribution in [0.5, 0.6) is 0 Å². The van der Waals surface area contributed by atoms with Gasteiger partial charge in [0.25, 0.3) is 0 Å². The van der Waals surface area contributed by atoms with Crippen molar-refractivity contribution in [1.82, 2.24) is 16.0 Å². The predicted octanol–water partition coefficient (Wildman–Crippen LogP) is 0.943. The Labute approximate surface area is 150 Å². The molecule has 0 aromatic carbocycles. The van der Waals surface area contributed by atoms with Gasteiger partial charge in [-0.1, -0.05) is 20.8 Å². The van der Waals surface area contributed by atoms with E-state index >= 15 is 0 Å². The number of urea groups is 1. The molecule has 0 bridgehead atoms. The van der Waals surface area contributed by atoms with Crippen molar-refractivity contribution in [2.24, 2.45) is 5.41 Å². The molecule has 9 heteroatoms. The number of amides is 3. The van der Waals surface area contributed by atoms with E-state index in [-0.39, 0.29) is 18.4 Å². The maximum atomic E-state index is 12.2. The van der Waals surface area contributed by atoms with Gasteiger partial charge in [-0.15, -0.1) is 0 Å². The lowest BCUT2D eigenvalue weighted by Crippen LogP contribution is -2.57. The van der Waals surface area contributed by atoms with Crippen molar-refractivity contribution >= 4 is 21.8 Å². The van der Waals surface area contributed by atoms with Crippen molar-refractivity contribution < 1.29 is 18.0 Å². The Morgan fingerprint density at radius 2 is 1.72 bits per heavy atom. The van der Waals surface area contributed by atoms with Crippen LogP contribution in [0.15, 0.2) is 0 Å². The molecule has 0 spiro atoms. The minimum Gasteiger partial charge on any atom is -0.353 e. The molecule has 0 aromatic rings. The minimum atomic E-state index is -3.49. The van der Waals surface area contributed by atoms with E-state index in [0.717, 1.165) is 6.26 Å². The van der Waals surface area contributed by atoms with Crippen LogP contribution >= 0.6 is 0 Å². The van der Waals surface area contributed by atoms with Crippen molar-refractivity contribution in [3.8, 4) is 6.07 Å². The lowest BCUT2D eigenvalue weighted by Gasteiger charge is -2.33. The molecule has 0 aliphatic carbocycles. The summed E-state index contributed by atoms with van der Waals surface area (Å²) in [7, 11) is -3.49. The van der Waals surface area contributed by atoms with Crippen LogP contribution in [0.4, 0.5) is 4.79 Å². The van der Waals surface area contributed by atoms with Gasteiger partial charge in [-0.25, -0.2) is 13.2 Å². The number of nitriles is 1. The second-order valence-corrected chi connectivity index (χ2v) is 10.2. The van der Waals surface area contributed by atoms with Crippen LogP contribution in [0.2, 0.25) is 0 Å². The summed E-state index contributed by atoms with van der Waals surface area (Å²) in [5.41, 5.74) is -0.549. The highest BCUT2D eigenvalue weighted by molar-refractivity contribution is 7.90. The number of nitrogens with one attached hydrogen (secondary N) is 3. The van der Waals surface area contributed by atoms with Gasteiger partial charge in [-0.05, 0) is 25.7 Å². The molecule has 0 radical (unpaired) electrons. The van der Waals surface area contributed by atoms with Crippen LogP contribution in [-0.2, 0) is 14.6 Å². The first-order chi connectivity index (χ1) is 11.2. The molecule has 0 heterocycles. The molecule has 8 nitrogen and oxygen atoms in total. The first kappa shape index (κ1) is 23.2. The maximum absolute atomic E-state index is 12.2. The van der Waals surface area contributed by atoms with Gasteiger partial charge in [0.15, 0.2) is 0 Å². The number of carbonyl (C=O) groups excluding carboxylic acids is 2. The number of sulfone groups is 1. The van der Waals surface area contributed by atoms with Crippen LogP contribution in [0, 0.1) is 16.7 Å². The predicted molar refractivity (Wildman–Crippen MR) is 96.6 cm³/mol. The fourth-order valence-corrected chi connectivity index (χ4v) is 3.56. The maximum Gasteiger partial charge on any atom is 0.315 e. The van der Waals surface area contributed by atoms with E-state index in [0.29, 0.717) is 6.42 Å². The van der Waals surface area contributed by atoms with Gasteiger partial charge in [0, 0.05) is 18.3 Å². The highest BCUT2D eigenvalue weighted by atomic mass is 32.2. The summed E-state index contributed by atoms with van der Waals surface area (Å²) in [6.07, 6.45) is 1.78. The van der Waals surface area contributed by atoms with E-state index in [2.05, 4.69) is 16.0 Å². The van der Waals surface area contributed by atoms with Crippen molar-refractivity contribution in [1.29, 1.82) is 5.26 Å². The summed E-state index contributed by atoms with van der Waals surface area (Å²) >= 11 is 0. The van der Waals surface area contributed by atoms with Crippen LogP contribution in [-0.4, -0.2) is 50.5 Å². The summed E-state index contributed by atoms with van der Waals surface area (Å²) in [4.78, 5) is 24.3. The largest absolute Gasteiger partial charge is 0.353 e. The van der Waals surface area contributed by atoms with Gasteiger partial charge in [-0.3, -0.25) is 4.79 Å². The van der Waals surface area contributed by atoms with Gasteiger partial charge in [0.05, 0.1) is 18.2 Å². The van der Waals surface area contributed by atoms with Crippen LogP contribution < -0.4 is 16.0 Å². The van der Waals surface area contributed by atoms with Crippen molar-refractivity contribution in [3.05, 3.63) is 0 Å². The molecule has 0 aromatic heterocycles. The normalized spacial score (nSPS) is 13.5. The van der Waals surface area contributed by atoms with Crippen molar-refractivity contribution in [2.45, 2.75) is 59.0 Å². The number of hydrogen-bond donors (Lipinski definition) is 3. The molecule has 3 N–H and O–H groups in total. The first-order valence-electron chi connectivity index (χ1n) is 8.06. The Bertz CT molecular complexity index is 615. The monoisotopic (exact) mass is 374 g/mol. The summed E-state index contributed by atoms with van der Waals surface area (Å²) < 4.78 is 23.1. The van der Waals surface area contributed by atoms with Gasteiger partial charge in [0.1, 0.15) is 15.9 Å². The van der Waals surface area contributed by atoms with E-state index in [1.54, 1.807) is 0 Å². The van der Waals surface area contributed by atoms with Gasteiger partial charge in [0.2, 0.25) is 5.91 Å². The van der Waals surface area contributed by atoms with Crippen molar-refractivity contribution in [3.63, 3.8) is 0 Å². The Morgan fingerprint density at radius 3 is 2.16 bits per heavy atom. The summed E-state index contributed by atoms with van der Waals surface area (Å²) in [5.74, 6) is -1.15. The number of hydrogen-bond acceptors (Lipinski definition) is 5. The van der Waals surface area contributed by atoms with E-state index in [1.165, 1.54) is 0 Å².